The highest BCUT2D eigenvalue weighted by Crippen LogP contribution is 2.05. The minimum absolute atomic E-state index is 0.273. The van der Waals surface area contributed by atoms with E-state index in [1.807, 2.05) is 0 Å². The Kier molecular flexibility index (Phi) is 4.14. The average molecular weight is 277 g/mol. The molecule has 0 spiro atoms. The van der Waals surface area contributed by atoms with Gasteiger partial charge in [0.15, 0.2) is 0 Å². The predicted octanol–water partition coefficient (Wildman–Crippen LogP) is -0.0447. The lowest BCUT2D eigenvalue weighted by Crippen LogP contribution is -2.43. The molecule has 0 saturated heterocycles. The number of H-pyrrole nitrogens is 2. The summed E-state index contributed by atoms with van der Waals surface area (Å²) in [5.74, 6) is -0.903. The van der Waals surface area contributed by atoms with Crippen LogP contribution in [0, 0.1) is 6.92 Å². The first-order chi connectivity index (χ1) is 9.61. The number of esters is 1. The highest BCUT2D eigenvalue weighted by Gasteiger charge is 2.24. The summed E-state index contributed by atoms with van der Waals surface area (Å²) in [6, 6.07) is -0.790. The summed E-state index contributed by atoms with van der Waals surface area (Å²) >= 11 is 0. The van der Waals surface area contributed by atoms with Crippen molar-refractivity contribution in [1.29, 1.82) is 0 Å². The fraction of sp³-hybridized carbons (Fsp3) is 0.333. The molecule has 2 rings (SSSR count). The molecule has 0 unspecified atom stereocenters. The Balaban J connectivity index is 2.10. The monoisotopic (exact) mass is 277 g/mol. The Morgan fingerprint density at radius 1 is 1.45 bits per heavy atom. The Morgan fingerprint density at radius 3 is 2.80 bits per heavy atom. The fourth-order valence-corrected chi connectivity index (χ4v) is 1.77. The second-order valence-corrected chi connectivity index (χ2v) is 4.24. The maximum absolute atomic E-state index is 12.1. The lowest BCUT2D eigenvalue weighted by molar-refractivity contribution is -0.142. The molecule has 8 heteroatoms. The lowest BCUT2D eigenvalue weighted by atomic mass is 10.1. The third-order valence-corrected chi connectivity index (χ3v) is 2.84. The molecule has 2 heterocycles. The normalized spacial score (nSPS) is 11.9. The van der Waals surface area contributed by atoms with Gasteiger partial charge < -0.3 is 15.0 Å². The molecule has 0 radical (unpaired) electrons. The molecular weight excluding hydrogens is 262 g/mol. The Bertz CT molecular complexity index is 590. The maximum Gasteiger partial charge on any atom is 0.328 e. The number of ether oxygens (including phenoxy) is 1. The molecule has 0 aliphatic rings. The van der Waals surface area contributed by atoms with Crippen molar-refractivity contribution in [3.05, 3.63) is 35.7 Å². The van der Waals surface area contributed by atoms with E-state index in [0.717, 1.165) is 5.69 Å². The number of aromatic nitrogens is 4. The largest absolute Gasteiger partial charge is 0.467 e. The molecule has 0 aliphatic heterocycles. The van der Waals surface area contributed by atoms with Gasteiger partial charge in [0.1, 0.15) is 6.04 Å². The Morgan fingerprint density at radius 2 is 2.25 bits per heavy atom. The van der Waals surface area contributed by atoms with E-state index < -0.39 is 12.0 Å². The van der Waals surface area contributed by atoms with Crippen molar-refractivity contribution in [3.63, 3.8) is 0 Å². The summed E-state index contributed by atoms with van der Waals surface area (Å²) in [6.07, 6.45) is 4.78. The van der Waals surface area contributed by atoms with Crippen LogP contribution in [0.3, 0.4) is 0 Å². The van der Waals surface area contributed by atoms with Crippen molar-refractivity contribution in [2.45, 2.75) is 19.4 Å². The third kappa shape index (κ3) is 3.02. The van der Waals surface area contributed by atoms with Gasteiger partial charge in [-0.15, -0.1) is 0 Å². The molecule has 2 aromatic rings. The topological polar surface area (TPSA) is 113 Å². The van der Waals surface area contributed by atoms with E-state index in [0.29, 0.717) is 11.3 Å². The second kappa shape index (κ2) is 6.00. The molecule has 0 aromatic carbocycles. The minimum Gasteiger partial charge on any atom is -0.467 e. The van der Waals surface area contributed by atoms with E-state index in [-0.39, 0.29) is 12.3 Å². The molecule has 2 aromatic heterocycles. The number of aromatic amines is 2. The summed E-state index contributed by atoms with van der Waals surface area (Å²) in [6.45, 7) is 1.73. The number of nitrogens with one attached hydrogen (secondary N) is 3. The third-order valence-electron chi connectivity index (χ3n) is 2.84. The van der Waals surface area contributed by atoms with E-state index in [4.69, 9.17) is 4.74 Å². The summed E-state index contributed by atoms with van der Waals surface area (Å²) in [5.41, 5.74) is 1.75. The molecule has 0 fully saturated rings. The minimum atomic E-state index is -0.790. The molecule has 0 aliphatic carbocycles. The zero-order valence-electron chi connectivity index (χ0n) is 11.1. The number of amides is 1. The lowest BCUT2D eigenvalue weighted by Gasteiger charge is -2.15. The molecular formula is C12H15N5O3. The smallest absolute Gasteiger partial charge is 0.328 e. The molecule has 3 N–H and O–H groups in total. The number of imidazole rings is 1. The number of carbonyl (C=O) groups is 2. The molecule has 1 atom stereocenters. The van der Waals surface area contributed by atoms with Crippen LogP contribution in [0.25, 0.3) is 0 Å². The van der Waals surface area contributed by atoms with Crippen LogP contribution in [-0.2, 0) is 16.0 Å². The molecule has 0 bridgehead atoms. The van der Waals surface area contributed by atoms with Gasteiger partial charge in [-0.2, -0.15) is 5.10 Å². The first kappa shape index (κ1) is 13.8. The maximum atomic E-state index is 12.1. The van der Waals surface area contributed by atoms with Crippen molar-refractivity contribution >= 4 is 11.9 Å². The number of hydrogen-bond donors (Lipinski definition) is 3. The van der Waals surface area contributed by atoms with Gasteiger partial charge in [0, 0.05) is 24.0 Å². The van der Waals surface area contributed by atoms with Crippen molar-refractivity contribution in [1.82, 2.24) is 25.5 Å². The number of methoxy groups -OCH3 is 1. The van der Waals surface area contributed by atoms with Gasteiger partial charge >= 0.3 is 5.97 Å². The van der Waals surface area contributed by atoms with Gasteiger partial charge in [-0.05, 0) is 6.92 Å². The molecule has 0 saturated carbocycles. The van der Waals surface area contributed by atoms with Gasteiger partial charge in [-0.3, -0.25) is 9.89 Å². The first-order valence-electron chi connectivity index (χ1n) is 5.97. The van der Waals surface area contributed by atoms with Gasteiger partial charge in [0.05, 0.1) is 25.2 Å². The van der Waals surface area contributed by atoms with E-state index in [2.05, 4.69) is 25.5 Å². The quantitative estimate of drug-likeness (QED) is 0.663. The zero-order chi connectivity index (χ0) is 14.5. The van der Waals surface area contributed by atoms with Crippen molar-refractivity contribution in [2.24, 2.45) is 0 Å². The number of nitrogens with zero attached hydrogens (tertiary/aromatic N) is 2. The second-order valence-electron chi connectivity index (χ2n) is 4.24. The van der Waals surface area contributed by atoms with E-state index in [9.17, 15) is 9.59 Å². The van der Waals surface area contributed by atoms with Crippen LogP contribution >= 0.6 is 0 Å². The van der Waals surface area contributed by atoms with Crippen LogP contribution in [-0.4, -0.2) is 45.2 Å². The number of rotatable bonds is 5. The van der Waals surface area contributed by atoms with Crippen LogP contribution in [0.5, 0.6) is 0 Å². The molecule has 106 valence electrons. The highest BCUT2D eigenvalue weighted by atomic mass is 16.5. The van der Waals surface area contributed by atoms with Crippen LogP contribution in [0.15, 0.2) is 18.7 Å². The Labute approximate surface area is 114 Å². The summed E-state index contributed by atoms with van der Waals surface area (Å²) in [7, 11) is 1.28. The summed E-state index contributed by atoms with van der Waals surface area (Å²) in [4.78, 5) is 30.6. The number of aryl methyl sites for hydroxylation is 1. The fourth-order valence-electron chi connectivity index (χ4n) is 1.77. The van der Waals surface area contributed by atoms with Crippen molar-refractivity contribution in [2.75, 3.05) is 7.11 Å². The first-order valence-corrected chi connectivity index (χ1v) is 5.97. The molecule has 8 nitrogen and oxygen atoms in total. The van der Waals surface area contributed by atoms with E-state index in [1.165, 1.54) is 19.6 Å². The highest BCUT2D eigenvalue weighted by molar-refractivity contribution is 5.97. The summed E-state index contributed by atoms with van der Waals surface area (Å²) in [5, 5.41) is 9.07. The number of carbonyl (C=O) groups excluding carboxylic acids is 2. The zero-order valence-corrected chi connectivity index (χ0v) is 11.1. The van der Waals surface area contributed by atoms with Gasteiger partial charge in [0.2, 0.25) is 0 Å². The average Bonchev–Trinajstić information content (AvgIpc) is 3.08. The Hall–Kier alpha value is -2.64. The van der Waals surface area contributed by atoms with Crippen molar-refractivity contribution in [3.8, 4) is 0 Å². The van der Waals surface area contributed by atoms with Crippen LogP contribution < -0.4 is 5.32 Å². The SMILES string of the molecule is COC(=O)[C@H](Cc1cnc[nH]1)NC(=O)c1cn[nH]c1C. The standard InChI is InChI=1S/C12H15N5O3/c1-7-9(5-15-17-7)11(18)16-10(12(19)20-2)3-8-4-13-6-14-8/h4-6,10H,3H2,1-2H3,(H,13,14)(H,15,17)(H,16,18)/t10-/m0/s1. The van der Waals surface area contributed by atoms with Crippen LogP contribution in [0.1, 0.15) is 21.7 Å². The predicted molar refractivity (Wildman–Crippen MR) is 68.9 cm³/mol. The molecule has 1 amide bonds. The van der Waals surface area contributed by atoms with Gasteiger partial charge in [-0.25, -0.2) is 9.78 Å². The van der Waals surface area contributed by atoms with E-state index >= 15 is 0 Å². The van der Waals surface area contributed by atoms with Crippen LogP contribution in [0.2, 0.25) is 0 Å². The van der Waals surface area contributed by atoms with Gasteiger partial charge in [-0.1, -0.05) is 0 Å². The number of hydrogen-bond acceptors (Lipinski definition) is 5. The molecule has 20 heavy (non-hydrogen) atoms. The van der Waals surface area contributed by atoms with Crippen LogP contribution in [0.4, 0.5) is 0 Å². The van der Waals surface area contributed by atoms with Crippen molar-refractivity contribution < 1.29 is 14.3 Å². The summed E-state index contributed by atoms with van der Waals surface area (Å²) < 4.78 is 4.70. The van der Waals surface area contributed by atoms with E-state index in [1.54, 1.807) is 13.1 Å². The van der Waals surface area contributed by atoms with Gasteiger partial charge in [0.25, 0.3) is 5.91 Å².